The van der Waals surface area contributed by atoms with Gasteiger partial charge >= 0.3 is 6.18 Å². The van der Waals surface area contributed by atoms with Gasteiger partial charge in [-0.25, -0.2) is 0 Å². The Kier molecular flexibility index (Phi) is 4.30. The molecule has 0 spiro atoms. The van der Waals surface area contributed by atoms with E-state index in [4.69, 9.17) is 0 Å². The van der Waals surface area contributed by atoms with Crippen molar-refractivity contribution >= 4 is 31.9 Å². The molecule has 0 aliphatic heterocycles. The van der Waals surface area contributed by atoms with E-state index in [1.165, 1.54) is 6.07 Å². The van der Waals surface area contributed by atoms with Crippen molar-refractivity contribution in [3.05, 3.63) is 52.1 Å². The van der Waals surface area contributed by atoms with E-state index in [9.17, 15) is 13.2 Å². The minimum atomic E-state index is -4.38. The van der Waals surface area contributed by atoms with Crippen molar-refractivity contribution in [1.82, 2.24) is 4.98 Å². The van der Waals surface area contributed by atoms with Gasteiger partial charge in [0, 0.05) is 21.6 Å². The molecule has 0 unspecified atom stereocenters. The smallest absolute Gasteiger partial charge is 0.256 e. The van der Waals surface area contributed by atoms with Gasteiger partial charge < -0.3 is 0 Å². The Morgan fingerprint density at radius 3 is 2.37 bits per heavy atom. The summed E-state index contributed by atoms with van der Waals surface area (Å²) in [5.41, 5.74) is 1.23. The van der Waals surface area contributed by atoms with E-state index in [0.29, 0.717) is 16.6 Å². The van der Waals surface area contributed by atoms with Crippen LogP contribution >= 0.6 is 31.9 Å². The highest BCUT2D eigenvalue weighted by atomic mass is 79.9. The molecule has 0 radical (unpaired) electrons. The highest BCUT2D eigenvalue weighted by Gasteiger charge is 2.33. The first-order valence-electron chi connectivity index (χ1n) is 5.30. The molecule has 2 aromatic rings. The first-order valence-corrected chi connectivity index (χ1v) is 7.21. The molecule has 1 aromatic heterocycles. The van der Waals surface area contributed by atoms with Crippen molar-refractivity contribution in [2.24, 2.45) is 0 Å². The van der Waals surface area contributed by atoms with E-state index in [-0.39, 0.29) is 4.47 Å². The second-order valence-electron chi connectivity index (χ2n) is 3.88. The van der Waals surface area contributed by atoms with Crippen molar-refractivity contribution in [2.45, 2.75) is 11.5 Å². The Morgan fingerprint density at radius 1 is 1.11 bits per heavy atom. The summed E-state index contributed by atoms with van der Waals surface area (Å²) in [6, 6.07) is 7.63. The molecule has 0 saturated carbocycles. The minimum absolute atomic E-state index is 0.0285. The van der Waals surface area contributed by atoms with Gasteiger partial charge in [-0.1, -0.05) is 44.0 Å². The van der Waals surface area contributed by atoms with Crippen LogP contribution in [-0.4, -0.2) is 4.98 Å². The van der Waals surface area contributed by atoms with Crippen molar-refractivity contribution in [2.75, 3.05) is 0 Å². The fraction of sp³-hybridized carbons (Fsp3) is 0.154. The average molecular weight is 395 g/mol. The standard InChI is InChI=1S/C13H8Br2F3N/c14-6-8-1-4-12(19-7-8)9-2-3-11(15)10(5-9)13(16,17)18/h1-5,7H,6H2. The fourth-order valence-electron chi connectivity index (χ4n) is 1.58. The minimum Gasteiger partial charge on any atom is -0.256 e. The lowest BCUT2D eigenvalue weighted by Crippen LogP contribution is -2.06. The van der Waals surface area contributed by atoms with Crippen LogP contribution in [0.15, 0.2) is 41.0 Å². The summed E-state index contributed by atoms with van der Waals surface area (Å²) in [5, 5.41) is 0.661. The van der Waals surface area contributed by atoms with Crippen LogP contribution in [-0.2, 0) is 11.5 Å². The third-order valence-corrected chi connectivity index (χ3v) is 3.89. The van der Waals surface area contributed by atoms with Gasteiger partial charge in [0.2, 0.25) is 0 Å². The van der Waals surface area contributed by atoms with E-state index < -0.39 is 11.7 Å². The largest absolute Gasteiger partial charge is 0.417 e. The number of hydrogen-bond donors (Lipinski definition) is 0. The van der Waals surface area contributed by atoms with E-state index >= 15 is 0 Å². The Balaban J connectivity index is 2.45. The first-order chi connectivity index (χ1) is 8.91. The molecule has 0 atom stereocenters. The quantitative estimate of drug-likeness (QED) is 0.619. The molecule has 0 saturated heterocycles. The van der Waals surface area contributed by atoms with Gasteiger partial charge in [0.15, 0.2) is 0 Å². The predicted octanol–water partition coefficient (Wildman–Crippen LogP) is 5.42. The number of benzene rings is 1. The molecule has 0 bridgehead atoms. The van der Waals surface area contributed by atoms with E-state index in [2.05, 4.69) is 36.8 Å². The molecule has 0 fully saturated rings. The van der Waals surface area contributed by atoms with Gasteiger partial charge in [-0.3, -0.25) is 4.98 Å². The molecule has 1 nitrogen and oxygen atoms in total. The third kappa shape index (κ3) is 3.36. The number of alkyl halides is 4. The molecule has 0 aliphatic rings. The summed E-state index contributed by atoms with van der Waals surface area (Å²) in [6.07, 6.45) is -2.75. The normalized spacial score (nSPS) is 11.6. The molecule has 0 N–H and O–H groups in total. The summed E-state index contributed by atoms with van der Waals surface area (Å²) < 4.78 is 38.4. The van der Waals surface area contributed by atoms with Crippen LogP contribution in [0.5, 0.6) is 0 Å². The summed E-state index contributed by atoms with van der Waals surface area (Å²) in [4.78, 5) is 4.16. The lowest BCUT2D eigenvalue weighted by Gasteiger charge is -2.11. The topological polar surface area (TPSA) is 12.9 Å². The second-order valence-corrected chi connectivity index (χ2v) is 5.29. The number of aromatic nitrogens is 1. The maximum Gasteiger partial charge on any atom is 0.417 e. The molecule has 19 heavy (non-hydrogen) atoms. The monoisotopic (exact) mass is 393 g/mol. The van der Waals surface area contributed by atoms with Gasteiger partial charge in [-0.15, -0.1) is 0 Å². The molecular formula is C13H8Br2F3N. The molecule has 1 heterocycles. The Labute approximate surface area is 125 Å². The van der Waals surface area contributed by atoms with Gasteiger partial charge in [-0.2, -0.15) is 13.2 Å². The van der Waals surface area contributed by atoms with Crippen molar-refractivity contribution in [3.63, 3.8) is 0 Å². The summed E-state index contributed by atoms with van der Waals surface area (Å²) in [7, 11) is 0. The molecule has 6 heteroatoms. The van der Waals surface area contributed by atoms with Crippen LogP contribution in [0.3, 0.4) is 0 Å². The average Bonchev–Trinajstić information content (AvgIpc) is 2.38. The van der Waals surface area contributed by atoms with Crippen LogP contribution in [0.25, 0.3) is 11.3 Å². The maximum atomic E-state index is 12.8. The molecule has 0 amide bonds. The van der Waals surface area contributed by atoms with Gasteiger partial charge in [0.25, 0.3) is 0 Å². The van der Waals surface area contributed by atoms with Crippen molar-refractivity contribution in [1.29, 1.82) is 0 Å². The second kappa shape index (κ2) is 5.63. The lowest BCUT2D eigenvalue weighted by molar-refractivity contribution is -0.138. The Morgan fingerprint density at radius 2 is 1.84 bits per heavy atom. The van der Waals surface area contributed by atoms with Crippen LogP contribution in [0.2, 0.25) is 0 Å². The van der Waals surface area contributed by atoms with Gasteiger partial charge in [-0.05, 0) is 23.8 Å². The third-order valence-electron chi connectivity index (χ3n) is 2.55. The number of rotatable bonds is 2. The highest BCUT2D eigenvalue weighted by Crippen LogP contribution is 2.37. The highest BCUT2D eigenvalue weighted by molar-refractivity contribution is 9.10. The zero-order chi connectivity index (χ0) is 14.0. The van der Waals surface area contributed by atoms with E-state index in [0.717, 1.165) is 11.6 Å². The fourth-order valence-corrected chi connectivity index (χ4v) is 2.38. The van der Waals surface area contributed by atoms with Crippen molar-refractivity contribution < 1.29 is 13.2 Å². The van der Waals surface area contributed by atoms with Crippen molar-refractivity contribution in [3.8, 4) is 11.3 Å². The summed E-state index contributed by atoms with van der Waals surface area (Å²) >= 11 is 6.21. The zero-order valence-electron chi connectivity index (χ0n) is 9.51. The van der Waals surface area contributed by atoms with Crippen LogP contribution in [0, 0.1) is 0 Å². The molecule has 1 aromatic carbocycles. The molecule has 100 valence electrons. The van der Waals surface area contributed by atoms with E-state index in [1.54, 1.807) is 18.3 Å². The summed E-state index contributed by atoms with van der Waals surface area (Å²) in [6.45, 7) is 0. The zero-order valence-corrected chi connectivity index (χ0v) is 12.7. The number of hydrogen-bond acceptors (Lipinski definition) is 1. The van der Waals surface area contributed by atoms with E-state index in [1.807, 2.05) is 6.07 Å². The Bertz CT molecular complexity index is 579. The Hall–Kier alpha value is -0.880. The van der Waals surface area contributed by atoms with Gasteiger partial charge in [0.1, 0.15) is 0 Å². The summed E-state index contributed by atoms with van der Waals surface area (Å²) in [5.74, 6) is 0. The number of halogens is 5. The van der Waals surface area contributed by atoms with Crippen LogP contribution in [0.4, 0.5) is 13.2 Å². The molecule has 0 aliphatic carbocycles. The lowest BCUT2D eigenvalue weighted by atomic mass is 10.1. The van der Waals surface area contributed by atoms with Gasteiger partial charge in [0.05, 0.1) is 11.3 Å². The van der Waals surface area contributed by atoms with Crippen LogP contribution in [0.1, 0.15) is 11.1 Å². The van der Waals surface area contributed by atoms with Crippen LogP contribution < -0.4 is 0 Å². The first kappa shape index (κ1) is 14.5. The number of pyridine rings is 1. The molecule has 2 rings (SSSR count). The predicted molar refractivity (Wildman–Crippen MR) is 75.0 cm³/mol. The SMILES string of the molecule is FC(F)(F)c1cc(-c2ccc(CBr)cn2)ccc1Br. The number of nitrogens with zero attached hydrogens (tertiary/aromatic N) is 1. The molecular weight excluding hydrogens is 387 g/mol. The maximum absolute atomic E-state index is 12.8.